The predicted molar refractivity (Wildman–Crippen MR) is 68.0 cm³/mol. The molecule has 2 rings (SSSR count). The van der Waals surface area contributed by atoms with Crippen molar-refractivity contribution < 1.29 is 17.9 Å². The quantitative estimate of drug-likeness (QED) is 0.793. The van der Waals surface area contributed by atoms with Crippen molar-refractivity contribution in [1.29, 1.82) is 0 Å². The van der Waals surface area contributed by atoms with Crippen LogP contribution in [0, 0.1) is 5.92 Å². The lowest BCUT2D eigenvalue weighted by Gasteiger charge is -2.11. The number of amides is 1. The molecule has 1 amide bonds. The van der Waals surface area contributed by atoms with Crippen LogP contribution >= 0.6 is 0 Å². The van der Waals surface area contributed by atoms with Gasteiger partial charge in [0.05, 0.1) is 17.6 Å². The third-order valence-electron chi connectivity index (χ3n) is 3.63. The number of nitrogens with one attached hydrogen (secondary N) is 1. The fraction of sp³-hybridized carbons (Fsp3) is 0.917. The summed E-state index contributed by atoms with van der Waals surface area (Å²) in [6, 6.07) is 0. The fourth-order valence-corrected chi connectivity index (χ4v) is 4.41. The first-order valence-electron chi connectivity index (χ1n) is 6.64. The van der Waals surface area contributed by atoms with Crippen molar-refractivity contribution in [2.45, 2.75) is 38.2 Å². The number of sulfone groups is 1. The Bertz CT molecular complexity index is 387. The van der Waals surface area contributed by atoms with Crippen molar-refractivity contribution in [3.63, 3.8) is 0 Å². The van der Waals surface area contributed by atoms with Gasteiger partial charge >= 0.3 is 0 Å². The standard InChI is InChI=1S/C12H21NO4S/c14-12(4-3-11-2-1-6-17-11)13-8-10-5-7-18(15,16)9-10/h10-11H,1-9H2,(H,13,14)/t10-,11+/m0/s1. The second-order valence-corrected chi connectivity index (χ2v) is 7.48. The average molecular weight is 275 g/mol. The monoisotopic (exact) mass is 275 g/mol. The van der Waals surface area contributed by atoms with Gasteiger partial charge in [0.25, 0.3) is 0 Å². The van der Waals surface area contributed by atoms with Gasteiger partial charge < -0.3 is 10.1 Å². The van der Waals surface area contributed by atoms with E-state index in [9.17, 15) is 13.2 Å². The number of hydrogen-bond donors (Lipinski definition) is 1. The predicted octanol–water partition coefficient (Wildman–Crippen LogP) is 0.496. The van der Waals surface area contributed by atoms with E-state index in [0.717, 1.165) is 25.9 Å². The topological polar surface area (TPSA) is 72.5 Å². The van der Waals surface area contributed by atoms with Gasteiger partial charge in [0.15, 0.2) is 9.84 Å². The summed E-state index contributed by atoms with van der Waals surface area (Å²) in [5.74, 6) is 0.596. The highest BCUT2D eigenvalue weighted by atomic mass is 32.2. The molecule has 1 N–H and O–H groups in total. The SMILES string of the molecule is O=C(CC[C@H]1CCCO1)NC[C@@H]1CCS(=O)(=O)C1. The summed E-state index contributed by atoms with van der Waals surface area (Å²) in [6.45, 7) is 1.30. The van der Waals surface area contributed by atoms with Crippen LogP contribution in [0.5, 0.6) is 0 Å². The van der Waals surface area contributed by atoms with Crippen LogP contribution in [0.3, 0.4) is 0 Å². The van der Waals surface area contributed by atoms with E-state index in [1.54, 1.807) is 0 Å². The Labute approximate surface area is 108 Å². The van der Waals surface area contributed by atoms with Gasteiger partial charge in [-0.3, -0.25) is 4.79 Å². The van der Waals surface area contributed by atoms with Crippen molar-refractivity contribution in [1.82, 2.24) is 5.32 Å². The molecule has 104 valence electrons. The Morgan fingerprint density at radius 2 is 2.17 bits per heavy atom. The van der Waals surface area contributed by atoms with E-state index in [1.165, 1.54) is 0 Å². The number of ether oxygens (including phenoxy) is 1. The van der Waals surface area contributed by atoms with E-state index in [0.29, 0.717) is 19.4 Å². The molecule has 0 bridgehead atoms. The summed E-state index contributed by atoms with van der Waals surface area (Å²) in [7, 11) is -2.84. The van der Waals surface area contributed by atoms with Gasteiger partial charge in [-0.05, 0) is 31.6 Å². The Morgan fingerprint density at radius 3 is 2.78 bits per heavy atom. The third-order valence-corrected chi connectivity index (χ3v) is 5.47. The normalized spacial score (nSPS) is 30.4. The Kier molecular flexibility index (Phi) is 4.61. The number of hydrogen-bond acceptors (Lipinski definition) is 4. The molecule has 2 saturated heterocycles. The van der Waals surface area contributed by atoms with Crippen molar-refractivity contribution in [2.75, 3.05) is 24.7 Å². The summed E-state index contributed by atoms with van der Waals surface area (Å²) in [6.07, 6.45) is 4.30. The van der Waals surface area contributed by atoms with Gasteiger partial charge in [0, 0.05) is 19.6 Å². The first-order chi connectivity index (χ1) is 8.55. The molecule has 0 spiro atoms. The van der Waals surface area contributed by atoms with E-state index < -0.39 is 9.84 Å². The second kappa shape index (κ2) is 6.02. The van der Waals surface area contributed by atoms with Crippen LogP contribution < -0.4 is 5.32 Å². The lowest BCUT2D eigenvalue weighted by atomic mass is 10.1. The van der Waals surface area contributed by atoms with Crippen LogP contribution in [-0.2, 0) is 19.4 Å². The molecular weight excluding hydrogens is 254 g/mol. The molecule has 0 aromatic heterocycles. The maximum Gasteiger partial charge on any atom is 0.220 e. The molecule has 0 saturated carbocycles. The van der Waals surface area contributed by atoms with Crippen LogP contribution in [0.25, 0.3) is 0 Å². The van der Waals surface area contributed by atoms with Gasteiger partial charge in [-0.2, -0.15) is 0 Å². The third kappa shape index (κ3) is 4.24. The first kappa shape index (κ1) is 13.8. The highest BCUT2D eigenvalue weighted by Gasteiger charge is 2.27. The van der Waals surface area contributed by atoms with Crippen molar-refractivity contribution >= 4 is 15.7 Å². The van der Waals surface area contributed by atoms with E-state index >= 15 is 0 Å². The van der Waals surface area contributed by atoms with Crippen LogP contribution in [-0.4, -0.2) is 45.1 Å². The van der Waals surface area contributed by atoms with Crippen LogP contribution in [0.2, 0.25) is 0 Å². The largest absolute Gasteiger partial charge is 0.378 e. The minimum Gasteiger partial charge on any atom is -0.378 e. The molecule has 2 atom stereocenters. The lowest BCUT2D eigenvalue weighted by molar-refractivity contribution is -0.121. The summed E-state index contributed by atoms with van der Waals surface area (Å²) in [5.41, 5.74) is 0. The lowest BCUT2D eigenvalue weighted by Crippen LogP contribution is -2.30. The smallest absolute Gasteiger partial charge is 0.220 e. The molecule has 2 fully saturated rings. The summed E-state index contributed by atoms with van der Waals surface area (Å²) in [5, 5.41) is 2.83. The van der Waals surface area contributed by atoms with Gasteiger partial charge in [-0.1, -0.05) is 0 Å². The zero-order chi connectivity index (χ0) is 13.0. The van der Waals surface area contributed by atoms with Gasteiger partial charge in [-0.15, -0.1) is 0 Å². The van der Waals surface area contributed by atoms with Gasteiger partial charge in [-0.25, -0.2) is 8.42 Å². The molecular formula is C12H21NO4S. The highest BCUT2D eigenvalue weighted by Crippen LogP contribution is 2.18. The molecule has 0 aliphatic carbocycles. The molecule has 5 nitrogen and oxygen atoms in total. The fourth-order valence-electron chi connectivity index (χ4n) is 2.54. The zero-order valence-electron chi connectivity index (χ0n) is 10.6. The number of carbonyl (C=O) groups is 1. The minimum atomic E-state index is -2.84. The first-order valence-corrected chi connectivity index (χ1v) is 8.46. The average Bonchev–Trinajstić information content (AvgIpc) is 2.93. The molecule has 18 heavy (non-hydrogen) atoms. The van der Waals surface area contributed by atoms with Crippen molar-refractivity contribution in [2.24, 2.45) is 5.92 Å². The summed E-state index contributed by atoms with van der Waals surface area (Å²) < 4.78 is 28.0. The summed E-state index contributed by atoms with van der Waals surface area (Å²) >= 11 is 0. The van der Waals surface area contributed by atoms with Crippen molar-refractivity contribution in [3.8, 4) is 0 Å². The zero-order valence-corrected chi connectivity index (χ0v) is 11.4. The van der Waals surface area contributed by atoms with Crippen LogP contribution in [0.1, 0.15) is 32.1 Å². The number of rotatable bonds is 5. The van der Waals surface area contributed by atoms with Crippen LogP contribution in [0.15, 0.2) is 0 Å². The maximum absolute atomic E-state index is 11.6. The molecule has 0 aromatic carbocycles. The Morgan fingerprint density at radius 1 is 1.33 bits per heavy atom. The van der Waals surface area contributed by atoms with Gasteiger partial charge in [0.2, 0.25) is 5.91 Å². The van der Waals surface area contributed by atoms with Crippen LogP contribution in [0.4, 0.5) is 0 Å². The van der Waals surface area contributed by atoms with E-state index in [-0.39, 0.29) is 29.4 Å². The molecule has 2 aliphatic rings. The second-order valence-electron chi connectivity index (χ2n) is 5.25. The molecule has 6 heteroatoms. The molecule has 2 heterocycles. The molecule has 0 aromatic rings. The highest BCUT2D eigenvalue weighted by molar-refractivity contribution is 7.91. The van der Waals surface area contributed by atoms with Gasteiger partial charge in [0.1, 0.15) is 0 Å². The Hall–Kier alpha value is -0.620. The summed E-state index contributed by atoms with van der Waals surface area (Å²) in [4.78, 5) is 11.6. The molecule has 0 radical (unpaired) electrons. The van der Waals surface area contributed by atoms with E-state index in [2.05, 4.69) is 5.32 Å². The Balaban J connectivity index is 1.60. The molecule has 2 aliphatic heterocycles. The molecule has 0 unspecified atom stereocenters. The van der Waals surface area contributed by atoms with E-state index in [1.807, 2.05) is 0 Å². The number of carbonyl (C=O) groups excluding carboxylic acids is 1. The van der Waals surface area contributed by atoms with Crippen molar-refractivity contribution in [3.05, 3.63) is 0 Å². The maximum atomic E-state index is 11.6. The minimum absolute atomic E-state index is 0.00907. The van der Waals surface area contributed by atoms with E-state index in [4.69, 9.17) is 4.74 Å².